The van der Waals surface area contributed by atoms with E-state index in [0.717, 1.165) is 6.42 Å². The van der Waals surface area contributed by atoms with Crippen LogP contribution in [-0.2, 0) is 15.9 Å². The summed E-state index contributed by atoms with van der Waals surface area (Å²) in [7, 11) is 9.96. The fraction of sp³-hybridized carbons (Fsp3) is 0.167. The molecule has 1 saturated heterocycles. The second-order valence-electron chi connectivity index (χ2n) is 7.80. The Morgan fingerprint density at radius 3 is 1.86 bits per heavy atom. The topological polar surface area (TPSA) is 0 Å². The second kappa shape index (κ2) is 6.10. The molecule has 142 valence electrons. The Morgan fingerprint density at radius 1 is 0.621 bits per heavy atom. The molecule has 0 aromatic heterocycles. The maximum Gasteiger partial charge on any atom is 0.102 e. The zero-order valence-corrected chi connectivity index (χ0v) is 19.7. The van der Waals surface area contributed by atoms with Crippen LogP contribution in [0.1, 0.15) is 34.7 Å². The highest BCUT2D eigenvalue weighted by Gasteiger charge is 2.67. The summed E-state index contributed by atoms with van der Waals surface area (Å²) in [5, 5.41) is 5.80. The molecule has 1 heterocycles. The van der Waals surface area contributed by atoms with Gasteiger partial charge in [-0.05, 0) is 85.3 Å². The van der Waals surface area contributed by atoms with Crippen LogP contribution in [0.5, 0.6) is 0 Å². The van der Waals surface area contributed by atoms with Crippen LogP contribution >= 0.6 is 51.1 Å². The van der Waals surface area contributed by atoms with E-state index < -0.39 is 0 Å². The van der Waals surface area contributed by atoms with Gasteiger partial charge in [-0.2, -0.15) is 0 Å². The summed E-state index contributed by atoms with van der Waals surface area (Å²) in [6.45, 7) is 2.27. The first-order valence-corrected chi connectivity index (χ1v) is 15.9. The van der Waals surface area contributed by atoms with Crippen molar-refractivity contribution in [1.82, 2.24) is 0 Å². The monoisotopic (exact) mass is 464 g/mol. The van der Waals surface area contributed by atoms with E-state index in [1.807, 2.05) is 29.5 Å². The van der Waals surface area contributed by atoms with Crippen LogP contribution in [0.4, 0.5) is 0 Å². The molecule has 3 aliphatic rings. The summed E-state index contributed by atoms with van der Waals surface area (Å²) >= 11 is 0. The fourth-order valence-electron chi connectivity index (χ4n) is 5.78. The molecule has 5 heteroatoms. The van der Waals surface area contributed by atoms with E-state index in [2.05, 4.69) is 95.2 Å². The molecule has 29 heavy (non-hydrogen) atoms. The van der Waals surface area contributed by atoms with Crippen LogP contribution in [-0.4, -0.2) is 0 Å². The molecule has 0 nitrogen and oxygen atoms in total. The van der Waals surface area contributed by atoms with E-state index in [1.165, 1.54) is 49.4 Å². The maximum absolute atomic E-state index is 2.45. The summed E-state index contributed by atoms with van der Waals surface area (Å²) in [6, 6.07) is 25.7. The molecule has 0 radical (unpaired) electrons. The van der Waals surface area contributed by atoms with Crippen LogP contribution in [0.2, 0.25) is 0 Å². The Bertz CT molecular complexity index is 1290. The highest BCUT2D eigenvalue weighted by molar-refractivity contribution is 9.36. The standard InChI is InChI=1S/C24H16S5/c1-2-14-12-13-20-22-16(14)8-5-11-19(22)23-17-9-3-6-15-7-4-10-18(21(15)17)24(20,23)26-28-29-27-25-23/h3-13H,2H2,1H3/t23-,24+/m0/s1. The van der Waals surface area contributed by atoms with Crippen molar-refractivity contribution in [3.63, 3.8) is 0 Å². The predicted octanol–water partition coefficient (Wildman–Crippen LogP) is 8.71. The lowest BCUT2D eigenvalue weighted by Gasteiger charge is -2.40. The SMILES string of the molecule is CCc1ccc2c3c(cccc13)[C@]13SSSSS[C@]21c1cccc2cccc3c12. The van der Waals surface area contributed by atoms with E-state index in [4.69, 9.17) is 0 Å². The molecule has 2 aliphatic carbocycles. The van der Waals surface area contributed by atoms with E-state index in [-0.39, 0.29) is 9.49 Å². The Morgan fingerprint density at radius 2 is 1.21 bits per heavy atom. The van der Waals surface area contributed by atoms with Crippen molar-refractivity contribution in [1.29, 1.82) is 0 Å². The van der Waals surface area contributed by atoms with E-state index in [9.17, 15) is 0 Å². The number of hydrogen-bond acceptors (Lipinski definition) is 5. The van der Waals surface area contributed by atoms with Crippen LogP contribution < -0.4 is 0 Å². The van der Waals surface area contributed by atoms with Gasteiger partial charge >= 0.3 is 0 Å². The zero-order chi connectivity index (χ0) is 19.2. The Balaban J connectivity index is 1.75. The van der Waals surface area contributed by atoms with Crippen LogP contribution in [0, 0.1) is 0 Å². The molecule has 0 amide bonds. The summed E-state index contributed by atoms with van der Waals surface area (Å²) in [6.07, 6.45) is 1.08. The minimum Gasteiger partial charge on any atom is -0.0628 e. The van der Waals surface area contributed by atoms with Crippen molar-refractivity contribution in [2.75, 3.05) is 0 Å². The molecule has 1 aliphatic heterocycles. The minimum absolute atomic E-state index is 0.0871. The predicted molar refractivity (Wildman–Crippen MR) is 137 cm³/mol. The number of hydrogen-bond donors (Lipinski definition) is 0. The molecule has 0 bridgehead atoms. The average Bonchev–Trinajstić information content (AvgIpc) is 3.04. The molecule has 0 N–H and O–H groups in total. The largest absolute Gasteiger partial charge is 0.102 e. The van der Waals surface area contributed by atoms with Gasteiger partial charge in [-0.1, -0.05) is 95.2 Å². The number of benzene rings is 4. The zero-order valence-electron chi connectivity index (χ0n) is 15.6. The molecular formula is C24H16S5. The first kappa shape index (κ1) is 17.8. The van der Waals surface area contributed by atoms with Crippen LogP contribution in [0.3, 0.4) is 0 Å². The molecule has 2 atom stereocenters. The summed E-state index contributed by atoms with van der Waals surface area (Å²) in [5.74, 6) is 0. The van der Waals surface area contributed by atoms with Gasteiger partial charge in [-0.25, -0.2) is 0 Å². The van der Waals surface area contributed by atoms with Crippen molar-refractivity contribution in [2.45, 2.75) is 22.8 Å². The Labute approximate surface area is 189 Å². The Hall–Kier alpha value is -0.850. The van der Waals surface area contributed by atoms with E-state index in [1.54, 1.807) is 0 Å². The summed E-state index contributed by atoms with van der Waals surface area (Å²) in [5.41, 5.74) is 7.49. The van der Waals surface area contributed by atoms with Gasteiger partial charge in [-0.3, -0.25) is 0 Å². The smallest absolute Gasteiger partial charge is 0.0628 e. The molecule has 7 rings (SSSR count). The van der Waals surface area contributed by atoms with Gasteiger partial charge in [0.15, 0.2) is 0 Å². The molecular weight excluding hydrogens is 449 g/mol. The van der Waals surface area contributed by atoms with Crippen molar-refractivity contribution in [3.05, 3.63) is 94.5 Å². The van der Waals surface area contributed by atoms with Gasteiger partial charge in [-0.15, -0.1) is 0 Å². The normalized spacial score (nSPS) is 26.5. The molecule has 0 spiro atoms. The third-order valence-electron chi connectivity index (χ3n) is 6.80. The third kappa shape index (κ3) is 1.90. The highest BCUT2D eigenvalue weighted by Crippen LogP contribution is 2.81. The van der Waals surface area contributed by atoms with E-state index in [0.29, 0.717) is 0 Å². The Kier molecular flexibility index (Phi) is 3.75. The molecule has 0 saturated carbocycles. The maximum atomic E-state index is 2.45. The lowest BCUT2D eigenvalue weighted by atomic mass is 9.85. The van der Waals surface area contributed by atoms with Crippen molar-refractivity contribution in [3.8, 4) is 0 Å². The first-order valence-electron chi connectivity index (χ1n) is 9.78. The first-order chi connectivity index (χ1) is 14.3. The lowest BCUT2D eigenvalue weighted by Crippen LogP contribution is -2.37. The van der Waals surface area contributed by atoms with Gasteiger partial charge in [0.1, 0.15) is 9.49 Å². The third-order valence-corrected chi connectivity index (χ3v) is 16.6. The number of rotatable bonds is 1. The van der Waals surface area contributed by atoms with Crippen molar-refractivity contribution < 1.29 is 0 Å². The molecule has 4 aromatic carbocycles. The van der Waals surface area contributed by atoms with Gasteiger partial charge in [0.05, 0.1) is 0 Å². The lowest BCUT2D eigenvalue weighted by molar-refractivity contribution is 0.655. The van der Waals surface area contributed by atoms with Gasteiger partial charge in [0.25, 0.3) is 0 Å². The van der Waals surface area contributed by atoms with Crippen molar-refractivity contribution in [2.24, 2.45) is 0 Å². The quantitative estimate of drug-likeness (QED) is 0.258. The van der Waals surface area contributed by atoms with Crippen molar-refractivity contribution >= 4 is 72.6 Å². The molecule has 1 fully saturated rings. The minimum atomic E-state index is -0.0871. The van der Waals surface area contributed by atoms with Gasteiger partial charge in [0.2, 0.25) is 0 Å². The summed E-state index contributed by atoms with van der Waals surface area (Å²) < 4.78 is -0.174. The van der Waals surface area contributed by atoms with Crippen LogP contribution in [0.25, 0.3) is 21.5 Å². The fourth-order valence-corrected chi connectivity index (χ4v) is 17.5. The van der Waals surface area contributed by atoms with Crippen LogP contribution in [0.15, 0.2) is 66.7 Å². The highest BCUT2D eigenvalue weighted by atomic mass is 33.8. The number of aryl methyl sites for hydroxylation is 1. The molecule has 0 unspecified atom stereocenters. The van der Waals surface area contributed by atoms with Gasteiger partial charge in [0, 0.05) is 0 Å². The average molecular weight is 465 g/mol. The molecule has 4 aromatic rings. The van der Waals surface area contributed by atoms with E-state index >= 15 is 0 Å². The second-order valence-corrected chi connectivity index (χ2v) is 15.7. The van der Waals surface area contributed by atoms with Gasteiger partial charge < -0.3 is 0 Å². The summed E-state index contributed by atoms with van der Waals surface area (Å²) in [4.78, 5) is 0.